The summed E-state index contributed by atoms with van der Waals surface area (Å²) in [5.41, 5.74) is -0.109. The van der Waals surface area contributed by atoms with Gasteiger partial charge < -0.3 is 14.6 Å². The number of carbonyl (C=O) groups is 1. The van der Waals surface area contributed by atoms with Crippen LogP contribution >= 0.6 is 23.1 Å². The highest BCUT2D eigenvalue weighted by atomic mass is 32.2. The molecule has 0 unspecified atom stereocenters. The summed E-state index contributed by atoms with van der Waals surface area (Å²) in [6.45, 7) is 2.64. The highest BCUT2D eigenvalue weighted by Crippen LogP contribution is 2.30. The molecule has 1 aromatic carbocycles. The third-order valence-corrected chi connectivity index (χ3v) is 5.62. The zero-order valence-corrected chi connectivity index (χ0v) is 16.7. The van der Waals surface area contributed by atoms with Crippen LogP contribution in [0.5, 0.6) is 5.75 Å². The van der Waals surface area contributed by atoms with Crippen molar-refractivity contribution in [3.63, 3.8) is 0 Å². The molecule has 0 bridgehead atoms. The minimum absolute atomic E-state index is 0.0474. The lowest BCUT2D eigenvalue weighted by Crippen LogP contribution is -2.15. The second-order valence-corrected chi connectivity index (χ2v) is 7.39. The summed E-state index contributed by atoms with van der Waals surface area (Å²) < 4.78 is 6.92. The van der Waals surface area contributed by atoms with Crippen LogP contribution in [0.25, 0.3) is 10.7 Å². The van der Waals surface area contributed by atoms with Crippen molar-refractivity contribution in [2.45, 2.75) is 18.6 Å². The number of nitrogens with zero attached hydrogens (tertiary/aromatic N) is 4. The number of amides is 1. The Morgan fingerprint density at radius 1 is 1.39 bits per heavy atom. The standard InChI is InChI=1S/C17H17N5O4S2/c1-3-21-16(14-5-4-8-27-14)19-20-17(21)28-10-15(23)18-12-7-6-11(26-2)9-13(12)22(24)25/h4-9H,3,10H2,1-2H3,(H,18,23). The number of nitro groups is 1. The zero-order chi connectivity index (χ0) is 20.1. The molecule has 0 aliphatic heterocycles. The number of thiophene rings is 1. The summed E-state index contributed by atoms with van der Waals surface area (Å²) in [6, 6.07) is 8.17. The summed E-state index contributed by atoms with van der Waals surface area (Å²) in [7, 11) is 1.42. The van der Waals surface area contributed by atoms with E-state index in [1.165, 1.54) is 31.0 Å². The van der Waals surface area contributed by atoms with Crippen LogP contribution in [0.2, 0.25) is 0 Å². The highest BCUT2D eigenvalue weighted by Gasteiger charge is 2.19. The SMILES string of the molecule is CCn1c(SCC(=O)Nc2ccc(OC)cc2[N+](=O)[O-])nnc1-c1cccs1. The van der Waals surface area contributed by atoms with Gasteiger partial charge in [-0.3, -0.25) is 14.9 Å². The van der Waals surface area contributed by atoms with Crippen LogP contribution in [0.15, 0.2) is 40.9 Å². The molecule has 0 radical (unpaired) electrons. The normalized spacial score (nSPS) is 10.6. The van der Waals surface area contributed by atoms with Gasteiger partial charge >= 0.3 is 0 Å². The van der Waals surface area contributed by atoms with E-state index in [0.29, 0.717) is 17.5 Å². The number of rotatable bonds is 8. The minimum Gasteiger partial charge on any atom is -0.496 e. The number of thioether (sulfide) groups is 1. The van der Waals surface area contributed by atoms with Gasteiger partial charge in [-0.1, -0.05) is 17.8 Å². The molecule has 146 valence electrons. The van der Waals surface area contributed by atoms with Crippen LogP contribution < -0.4 is 10.1 Å². The quantitative estimate of drug-likeness (QED) is 0.337. The number of carbonyl (C=O) groups excluding carboxylic acids is 1. The van der Waals surface area contributed by atoms with Gasteiger partial charge in [0.25, 0.3) is 5.69 Å². The molecule has 28 heavy (non-hydrogen) atoms. The first-order chi connectivity index (χ1) is 13.5. The number of methoxy groups -OCH3 is 1. The molecule has 9 nitrogen and oxygen atoms in total. The van der Waals surface area contributed by atoms with Crippen molar-refractivity contribution in [1.82, 2.24) is 14.8 Å². The molecule has 0 atom stereocenters. The number of hydrogen-bond acceptors (Lipinski definition) is 8. The topological polar surface area (TPSA) is 112 Å². The Bertz CT molecular complexity index is 988. The molecule has 0 saturated heterocycles. The number of hydrogen-bond donors (Lipinski definition) is 1. The number of ether oxygens (including phenoxy) is 1. The predicted molar refractivity (Wildman–Crippen MR) is 108 cm³/mol. The van der Waals surface area contributed by atoms with Gasteiger partial charge in [-0.25, -0.2) is 0 Å². The van der Waals surface area contributed by atoms with Gasteiger partial charge in [-0.15, -0.1) is 21.5 Å². The molecule has 1 amide bonds. The Morgan fingerprint density at radius 2 is 2.21 bits per heavy atom. The molecule has 0 aliphatic rings. The van der Waals surface area contributed by atoms with Gasteiger partial charge in [0, 0.05) is 6.54 Å². The third kappa shape index (κ3) is 4.31. The first-order valence-electron chi connectivity index (χ1n) is 8.25. The highest BCUT2D eigenvalue weighted by molar-refractivity contribution is 7.99. The molecule has 0 aliphatic carbocycles. The first-order valence-corrected chi connectivity index (χ1v) is 10.1. The average molecular weight is 419 g/mol. The van der Waals surface area contributed by atoms with Crippen molar-refractivity contribution in [3.8, 4) is 16.5 Å². The van der Waals surface area contributed by atoms with Crippen LogP contribution in [0.1, 0.15) is 6.92 Å². The van der Waals surface area contributed by atoms with Crippen LogP contribution in [0, 0.1) is 10.1 Å². The first kappa shape index (κ1) is 19.8. The van der Waals surface area contributed by atoms with Gasteiger partial charge in [-0.2, -0.15) is 0 Å². The maximum Gasteiger partial charge on any atom is 0.296 e. The molecule has 3 aromatic rings. The molecule has 2 heterocycles. The van der Waals surface area contributed by atoms with E-state index in [-0.39, 0.29) is 23.0 Å². The maximum atomic E-state index is 12.3. The second kappa shape index (κ2) is 8.85. The lowest BCUT2D eigenvalue weighted by molar-refractivity contribution is -0.384. The smallest absolute Gasteiger partial charge is 0.296 e. The van der Waals surface area contributed by atoms with Crippen LogP contribution in [0.4, 0.5) is 11.4 Å². The van der Waals surface area contributed by atoms with Crippen molar-refractivity contribution < 1.29 is 14.5 Å². The van der Waals surface area contributed by atoms with Crippen LogP contribution in [-0.2, 0) is 11.3 Å². The molecular weight excluding hydrogens is 402 g/mol. The van der Waals surface area contributed by atoms with Crippen molar-refractivity contribution >= 4 is 40.4 Å². The number of benzene rings is 1. The predicted octanol–water partition coefficient (Wildman–Crippen LogP) is 3.67. The molecule has 0 saturated carbocycles. The van der Waals surface area contributed by atoms with Crippen LogP contribution in [0.3, 0.4) is 0 Å². The lowest BCUT2D eigenvalue weighted by atomic mass is 10.2. The zero-order valence-electron chi connectivity index (χ0n) is 15.1. The van der Waals surface area contributed by atoms with Crippen LogP contribution in [-0.4, -0.2) is 38.5 Å². The summed E-state index contributed by atoms with van der Waals surface area (Å²) >= 11 is 2.79. The fourth-order valence-corrected chi connectivity index (χ4v) is 4.00. The molecule has 3 rings (SSSR count). The van der Waals surface area contributed by atoms with E-state index in [1.54, 1.807) is 17.4 Å². The fraction of sp³-hybridized carbons (Fsp3) is 0.235. The van der Waals surface area contributed by atoms with E-state index in [4.69, 9.17) is 4.74 Å². The number of nitrogens with one attached hydrogen (secondary N) is 1. The summed E-state index contributed by atoms with van der Waals surface area (Å²) in [6.07, 6.45) is 0. The Kier molecular flexibility index (Phi) is 6.26. The van der Waals surface area contributed by atoms with E-state index < -0.39 is 4.92 Å². The Morgan fingerprint density at radius 3 is 2.86 bits per heavy atom. The summed E-state index contributed by atoms with van der Waals surface area (Å²) in [4.78, 5) is 24.0. The van der Waals surface area contributed by atoms with Gasteiger partial charge in [0.05, 0.1) is 28.7 Å². The second-order valence-electron chi connectivity index (χ2n) is 5.50. The van der Waals surface area contributed by atoms with E-state index in [2.05, 4.69) is 15.5 Å². The largest absolute Gasteiger partial charge is 0.496 e. The van der Waals surface area contributed by atoms with Crippen molar-refractivity contribution in [2.24, 2.45) is 0 Å². The Labute approximate surface area is 168 Å². The van der Waals surface area contributed by atoms with Crippen molar-refractivity contribution in [3.05, 3.63) is 45.8 Å². The van der Waals surface area contributed by atoms with Crippen molar-refractivity contribution in [2.75, 3.05) is 18.2 Å². The molecule has 2 aromatic heterocycles. The third-order valence-electron chi connectivity index (χ3n) is 3.78. The van der Waals surface area contributed by atoms with E-state index in [1.807, 2.05) is 29.0 Å². The number of nitro benzene ring substituents is 1. The number of anilines is 1. The minimum atomic E-state index is -0.563. The monoisotopic (exact) mass is 419 g/mol. The molecule has 0 spiro atoms. The molecule has 0 fully saturated rings. The average Bonchev–Trinajstić information content (AvgIpc) is 3.35. The van der Waals surface area contributed by atoms with Crippen molar-refractivity contribution in [1.29, 1.82) is 0 Å². The fourth-order valence-electron chi connectivity index (χ4n) is 2.48. The van der Waals surface area contributed by atoms with E-state index in [9.17, 15) is 14.9 Å². The van der Waals surface area contributed by atoms with Gasteiger partial charge in [0.2, 0.25) is 5.91 Å². The molecule has 11 heteroatoms. The van der Waals surface area contributed by atoms with Gasteiger partial charge in [-0.05, 0) is 30.5 Å². The number of aromatic nitrogens is 3. The maximum absolute atomic E-state index is 12.3. The molecule has 1 N–H and O–H groups in total. The van der Waals surface area contributed by atoms with Gasteiger partial charge in [0.1, 0.15) is 11.4 Å². The summed E-state index contributed by atoms with van der Waals surface area (Å²) in [5, 5.41) is 24.8. The van der Waals surface area contributed by atoms with E-state index >= 15 is 0 Å². The van der Waals surface area contributed by atoms with E-state index in [0.717, 1.165) is 10.7 Å². The Hall–Kier alpha value is -2.92. The van der Waals surface area contributed by atoms with Gasteiger partial charge in [0.15, 0.2) is 11.0 Å². The Balaban J connectivity index is 1.69. The molecular formula is C17H17N5O4S2. The lowest BCUT2D eigenvalue weighted by Gasteiger charge is -2.08. The summed E-state index contributed by atoms with van der Waals surface area (Å²) in [5.74, 6) is 0.773.